The Morgan fingerprint density at radius 1 is 1.37 bits per heavy atom. The van der Waals surface area contributed by atoms with Crippen LogP contribution in [-0.2, 0) is 6.54 Å². The summed E-state index contributed by atoms with van der Waals surface area (Å²) >= 11 is 0. The molecule has 1 aliphatic heterocycles. The number of H-pyrrole nitrogens is 1. The topological polar surface area (TPSA) is 59.1 Å². The highest BCUT2D eigenvalue weighted by Crippen LogP contribution is 2.20. The fraction of sp³-hybridized carbons (Fsp3) is 0.500. The van der Waals surface area contributed by atoms with E-state index < -0.39 is 0 Å². The van der Waals surface area contributed by atoms with Gasteiger partial charge in [0.1, 0.15) is 5.75 Å². The molecule has 2 aromatic rings. The summed E-state index contributed by atoms with van der Waals surface area (Å²) in [6.07, 6.45) is 2.27. The van der Waals surface area contributed by atoms with Gasteiger partial charge in [-0.15, -0.1) is 0 Å². The first kappa shape index (κ1) is 12.3. The zero-order valence-electron chi connectivity index (χ0n) is 11.1. The van der Waals surface area contributed by atoms with E-state index in [9.17, 15) is 4.79 Å². The standard InChI is InChI=1S/C14H19N3O2/c1-19-11-2-3-13-12(8-11)16-14(18)17(13)9-10-4-6-15-7-5-10/h2-3,8,10,15H,4-7,9H2,1H3,(H,16,18). The molecule has 102 valence electrons. The van der Waals surface area contributed by atoms with E-state index in [1.54, 1.807) is 7.11 Å². The predicted molar refractivity (Wildman–Crippen MR) is 74.7 cm³/mol. The van der Waals surface area contributed by atoms with E-state index in [4.69, 9.17) is 4.74 Å². The summed E-state index contributed by atoms with van der Waals surface area (Å²) in [5, 5.41) is 3.35. The number of nitrogens with one attached hydrogen (secondary N) is 2. The Labute approximate surface area is 111 Å². The quantitative estimate of drug-likeness (QED) is 0.876. The van der Waals surface area contributed by atoms with Gasteiger partial charge in [0.2, 0.25) is 0 Å². The number of hydrogen-bond donors (Lipinski definition) is 2. The molecule has 0 amide bonds. The number of ether oxygens (including phenoxy) is 1. The smallest absolute Gasteiger partial charge is 0.326 e. The molecule has 2 N–H and O–H groups in total. The van der Waals surface area contributed by atoms with Gasteiger partial charge in [0.05, 0.1) is 18.1 Å². The Morgan fingerprint density at radius 3 is 2.89 bits per heavy atom. The molecule has 0 bridgehead atoms. The van der Waals surface area contributed by atoms with Gasteiger partial charge in [-0.25, -0.2) is 4.79 Å². The summed E-state index contributed by atoms with van der Waals surface area (Å²) in [7, 11) is 1.63. The number of benzene rings is 1. The maximum atomic E-state index is 12.1. The maximum absolute atomic E-state index is 12.1. The maximum Gasteiger partial charge on any atom is 0.326 e. The molecule has 2 heterocycles. The number of nitrogens with zero attached hydrogens (tertiary/aromatic N) is 1. The monoisotopic (exact) mass is 261 g/mol. The van der Waals surface area contributed by atoms with Crippen LogP contribution in [0.3, 0.4) is 0 Å². The van der Waals surface area contributed by atoms with Crippen LogP contribution >= 0.6 is 0 Å². The number of imidazole rings is 1. The number of fused-ring (bicyclic) bond motifs is 1. The summed E-state index contributed by atoms with van der Waals surface area (Å²) in [5.41, 5.74) is 1.78. The van der Waals surface area contributed by atoms with Crippen molar-refractivity contribution < 1.29 is 4.74 Å². The average molecular weight is 261 g/mol. The lowest BCUT2D eigenvalue weighted by Gasteiger charge is -2.22. The molecule has 0 saturated carbocycles. The van der Waals surface area contributed by atoms with Crippen LogP contribution in [0.25, 0.3) is 11.0 Å². The van der Waals surface area contributed by atoms with Crippen LogP contribution in [0, 0.1) is 5.92 Å². The third-order valence-electron chi connectivity index (χ3n) is 3.88. The minimum atomic E-state index is -0.0261. The minimum absolute atomic E-state index is 0.0261. The zero-order chi connectivity index (χ0) is 13.2. The van der Waals surface area contributed by atoms with E-state index in [1.165, 1.54) is 0 Å². The summed E-state index contributed by atoms with van der Waals surface area (Å²) in [5.74, 6) is 1.35. The SMILES string of the molecule is COc1ccc2c(c1)[nH]c(=O)n2CC1CCNCC1. The number of methoxy groups -OCH3 is 1. The van der Waals surface area contributed by atoms with E-state index in [1.807, 2.05) is 22.8 Å². The molecule has 5 heteroatoms. The molecule has 1 aromatic carbocycles. The molecule has 19 heavy (non-hydrogen) atoms. The second-order valence-corrected chi connectivity index (χ2v) is 5.12. The van der Waals surface area contributed by atoms with Crippen LogP contribution in [-0.4, -0.2) is 29.8 Å². The van der Waals surface area contributed by atoms with Gasteiger partial charge in [-0.1, -0.05) is 0 Å². The van der Waals surface area contributed by atoms with Gasteiger partial charge in [-0.3, -0.25) is 4.57 Å². The first-order valence-electron chi connectivity index (χ1n) is 6.75. The van der Waals surface area contributed by atoms with Crippen LogP contribution < -0.4 is 15.7 Å². The average Bonchev–Trinajstić information content (AvgIpc) is 2.75. The van der Waals surface area contributed by atoms with E-state index in [2.05, 4.69) is 10.3 Å². The van der Waals surface area contributed by atoms with Crippen molar-refractivity contribution in [3.8, 4) is 5.75 Å². The van der Waals surface area contributed by atoms with Crippen LogP contribution in [0.2, 0.25) is 0 Å². The molecule has 0 aliphatic carbocycles. The summed E-state index contributed by atoms with van der Waals surface area (Å²) < 4.78 is 7.03. The molecule has 1 aromatic heterocycles. The van der Waals surface area contributed by atoms with E-state index in [0.29, 0.717) is 5.92 Å². The first-order valence-corrected chi connectivity index (χ1v) is 6.75. The van der Waals surface area contributed by atoms with Gasteiger partial charge in [0.25, 0.3) is 0 Å². The molecule has 1 saturated heterocycles. The second kappa shape index (κ2) is 5.09. The van der Waals surface area contributed by atoms with Crippen LogP contribution in [0.4, 0.5) is 0 Å². The van der Waals surface area contributed by atoms with E-state index >= 15 is 0 Å². The highest BCUT2D eigenvalue weighted by Gasteiger charge is 2.16. The van der Waals surface area contributed by atoms with Gasteiger partial charge in [-0.05, 0) is 44.0 Å². The Morgan fingerprint density at radius 2 is 2.16 bits per heavy atom. The van der Waals surface area contributed by atoms with E-state index in [0.717, 1.165) is 49.3 Å². The fourth-order valence-corrected chi connectivity index (χ4v) is 2.77. The molecular weight excluding hydrogens is 242 g/mol. The number of aromatic amines is 1. The van der Waals surface area contributed by atoms with Gasteiger partial charge in [-0.2, -0.15) is 0 Å². The largest absolute Gasteiger partial charge is 0.497 e. The summed E-state index contributed by atoms with van der Waals surface area (Å²) in [4.78, 5) is 15.0. The summed E-state index contributed by atoms with van der Waals surface area (Å²) in [6, 6.07) is 5.72. The van der Waals surface area contributed by atoms with Crippen molar-refractivity contribution in [2.45, 2.75) is 19.4 Å². The lowest BCUT2D eigenvalue weighted by molar-refractivity contribution is 0.333. The Kier molecular flexibility index (Phi) is 3.29. The van der Waals surface area contributed by atoms with Crippen LogP contribution in [0.1, 0.15) is 12.8 Å². The molecular formula is C14H19N3O2. The Hall–Kier alpha value is -1.75. The van der Waals surface area contributed by atoms with Crippen molar-refractivity contribution in [3.05, 3.63) is 28.7 Å². The highest BCUT2D eigenvalue weighted by atomic mass is 16.5. The molecule has 0 radical (unpaired) electrons. The van der Waals surface area contributed by atoms with Gasteiger partial charge in [0, 0.05) is 12.6 Å². The number of hydrogen-bond acceptors (Lipinski definition) is 3. The predicted octanol–water partition coefficient (Wildman–Crippen LogP) is 1.34. The minimum Gasteiger partial charge on any atom is -0.497 e. The van der Waals surface area contributed by atoms with Gasteiger partial charge in [0.15, 0.2) is 0 Å². The lowest BCUT2D eigenvalue weighted by atomic mass is 9.98. The molecule has 5 nitrogen and oxygen atoms in total. The van der Waals surface area contributed by atoms with Gasteiger partial charge >= 0.3 is 5.69 Å². The summed E-state index contributed by atoms with van der Waals surface area (Å²) in [6.45, 7) is 2.90. The number of rotatable bonds is 3. The lowest BCUT2D eigenvalue weighted by Crippen LogP contribution is -2.31. The van der Waals surface area contributed by atoms with Gasteiger partial charge < -0.3 is 15.0 Å². The normalized spacial score (nSPS) is 16.9. The second-order valence-electron chi connectivity index (χ2n) is 5.12. The van der Waals surface area contributed by atoms with Crippen molar-refractivity contribution in [1.82, 2.24) is 14.9 Å². The Bertz CT molecular complexity index is 623. The Balaban J connectivity index is 1.93. The van der Waals surface area contributed by atoms with Crippen molar-refractivity contribution >= 4 is 11.0 Å². The molecule has 0 unspecified atom stereocenters. The zero-order valence-corrected chi connectivity index (χ0v) is 11.1. The molecule has 3 rings (SSSR count). The molecule has 1 fully saturated rings. The number of aromatic nitrogens is 2. The van der Waals surface area contributed by atoms with Crippen molar-refractivity contribution in [2.24, 2.45) is 5.92 Å². The van der Waals surface area contributed by atoms with Crippen molar-refractivity contribution in [3.63, 3.8) is 0 Å². The number of piperidine rings is 1. The third kappa shape index (κ3) is 2.38. The van der Waals surface area contributed by atoms with Crippen molar-refractivity contribution in [1.29, 1.82) is 0 Å². The highest BCUT2D eigenvalue weighted by molar-refractivity contribution is 5.76. The van der Waals surface area contributed by atoms with Crippen molar-refractivity contribution in [2.75, 3.05) is 20.2 Å². The van der Waals surface area contributed by atoms with E-state index in [-0.39, 0.29) is 5.69 Å². The van der Waals surface area contributed by atoms with Crippen LogP contribution in [0.5, 0.6) is 5.75 Å². The first-order chi connectivity index (χ1) is 9.28. The molecule has 0 atom stereocenters. The van der Waals surface area contributed by atoms with Crippen LogP contribution in [0.15, 0.2) is 23.0 Å². The fourth-order valence-electron chi connectivity index (χ4n) is 2.77. The molecule has 1 aliphatic rings. The third-order valence-corrected chi connectivity index (χ3v) is 3.88. The molecule has 0 spiro atoms.